The van der Waals surface area contributed by atoms with Gasteiger partial charge < -0.3 is 14.4 Å². The molecule has 0 unspecified atom stereocenters. The molecular weight excluding hydrogens is 414 g/mol. The van der Waals surface area contributed by atoms with Gasteiger partial charge in [0.05, 0.1) is 0 Å². The largest absolute Gasteiger partial charge is 0.482 e. The van der Waals surface area contributed by atoms with Crippen LogP contribution in [0.3, 0.4) is 0 Å². The van der Waals surface area contributed by atoms with Gasteiger partial charge in [-0.2, -0.15) is 0 Å². The fourth-order valence-electron chi connectivity index (χ4n) is 2.69. The number of benzene rings is 2. The standard InChI is InChI=1S/C20H18BrNO5/c21-15-5-9-17(10-6-15)26-13-20(25)27-12-18(23)14-3-7-16(8-4-14)22-11-1-2-19(22)24/h3-10H,1-2,11-13H2. The summed E-state index contributed by atoms with van der Waals surface area (Å²) in [5.74, 6) is -0.306. The second-order valence-electron chi connectivity index (χ2n) is 6.02. The molecule has 2 aromatic rings. The van der Waals surface area contributed by atoms with Gasteiger partial charge in [0.2, 0.25) is 5.91 Å². The van der Waals surface area contributed by atoms with E-state index in [2.05, 4.69) is 15.9 Å². The van der Waals surface area contributed by atoms with Crippen molar-refractivity contribution in [3.05, 3.63) is 58.6 Å². The van der Waals surface area contributed by atoms with E-state index < -0.39 is 5.97 Å². The van der Waals surface area contributed by atoms with Crippen LogP contribution in [0.1, 0.15) is 23.2 Å². The van der Waals surface area contributed by atoms with E-state index >= 15 is 0 Å². The Morgan fingerprint density at radius 1 is 1.00 bits per heavy atom. The second-order valence-corrected chi connectivity index (χ2v) is 6.94. The number of carbonyl (C=O) groups excluding carboxylic acids is 3. The molecule has 27 heavy (non-hydrogen) atoms. The Morgan fingerprint density at radius 2 is 1.70 bits per heavy atom. The third kappa shape index (κ3) is 5.17. The van der Waals surface area contributed by atoms with E-state index in [1.165, 1.54) is 0 Å². The van der Waals surface area contributed by atoms with Crippen molar-refractivity contribution in [1.82, 2.24) is 0 Å². The van der Waals surface area contributed by atoms with Crippen LogP contribution in [0, 0.1) is 0 Å². The normalized spacial score (nSPS) is 13.5. The van der Waals surface area contributed by atoms with Crippen LogP contribution >= 0.6 is 15.9 Å². The summed E-state index contributed by atoms with van der Waals surface area (Å²) >= 11 is 3.31. The number of hydrogen-bond donors (Lipinski definition) is 0. The molecular formula is C20H18BrNO5. The van der Waals surface area contributed by atoms with Crippen LogP contribution < -0.4 is 9.64 Å². The lowest BCUT2D eigenvalue weighted by atomic mass is 10.1. The first kappa shape index (κ1) is 19.1. The van der Waals surface area contributed by atoms with E-state index in [1.54, 1.807) is 53.4 Å². The zero-order valence-electron chi connectivity index (χ0n) is 14.5. The first-order valence-electron chi connectivity index (χ1n) is 8.50. The Hall–Kier alpha value is -2.67. The van der Waals surface area contributed by atoms with Crippen LogP contribution in [-0.2, 0) is 14.3 Å². The highest BCUT2D eigenvalue weighted by Crippen LogP contribution is 2.21. The Labute approximate surface area is 165 Å². The van der Waals surface area contributed by atoms with Gasteiger partial charge >= 0.3 is 5.97 Å². The smallest absolute Gasteiger partial charge is 0.344 e. The van der Waals surface area contributed by atoms with Gasteiger partial charge in [-0.3, -0.25) is 9.59 Å². The number of nitrogens with zero attached hydrogens (tertiary/aromatic N) is 1. The highest BCUT2D eigenvalue weighted by Gasteiger charge is 2.21. The third-order valence-corrected chi connectivity index (χ3v) is 4.64. The number of Topliss-reactive ketones (excluding diaryl/α,β-unsaturated/α-hetero) is 1. The molecule has 1 amide bonds. The maximum Gasteiger partial charge on any atom is 0.344 e. The van der Waals surface area contributed by atoms with E-state index in [4.69, 9.17) is 9.47 Å². The highest BCUT2D eigenvalue weighted by molar-refractivity contribution is 9.10. The highest BCUT2D eigenvalue weighted by atomic mass is 79.9. The maximum absolute atomic E-state index is 12.2. The molecule has 0 aromatic heterocycles. The van der Waals surface area contributed by atoms with E-state index in [0.717, 1.165) is 16.6 Å². The number of ether oxygens (including phenoxy) is 2. The summed E-state index contributed by atoms with van der Waals surface area (Å²) in [6, 6.07) is 13.8. The Kier molecular flexibility index (Phi) is 6.24. The molecule has 0 radical (unpaired) electrons. The summed E-state index contributed by atoms with van der Waals surface area (Å²) in [4.78, 5) is 37.3. The van der Waals surface area contributed by atoms with Crippen LogP contribution in [0.2, 0.25) is 0 Å². The zero-order valence-corrected chi connectivity index (χ0v) is 16.1. The molecule has 2 aromatic carbocycles. The van der Waals surface area contributed by atoms with Crippen molar-refractivity contribution in [3.8, 4) is 5.75 Å². The van der Waals surface area contributed by atoms with Crippen molar-refractivity contribution >= 4 is 39.3 Å². The Morgan fingerprint density at radius 3 is 2.33 bits per heavy atom. The second kappa shape index (κ2) is 8.81. The summed E-state index contributed by atoms with van der Waals surface area (Å²) in [5.41, 5.74) is 1.20. The number of esters is 1. The van der Waals surface area contributed by atoms with Gasteiger partial charge in [0.1, 0.15) is 5.75 Å². The molecule has 0 spiro atoms. The summed E-state index contributed by atoms with van der Waals surface area (Å²) in [7, 11) is 0. The number of hydrogen-bond acceptors (Lipinski definition) is 5. The molecule has 0 aliphatic carbocycles. The molecule has 1 heterocycles. The fraction of sp³-hybridized carbons (Fsp3) is 0.250. The lowest BCUT2D eigenvalue weighted by Gasteiger charge is -2.15. The van der Waals surface area contributed by atoms with Gasteiger partial charge in [-0.25, -0.2) is 4.79 Å². The lowest BCUT2D eigenvalue weighted by Crippen LogP contribution is -2.23. The van der Waals surface area contributed by atoms with Crippen LogP contribution in [0.5, 0.6) is 5.75 Å². The van der Waals surface area contributed by atoms with Gasteiger partial charge in [-0.1, -0.05) is 15.9 Å². The maximum atomic E-state index is 12.2. The van der Waals surface area contributed by atoms with Gasteiger partial charge in [0, 0.05) is 28.7 Å². The molecule has 3 rings (SSSR count). The van der Waals surface area contributed by atoms with Crippen LogP contribution in [0.15, 0.2) is 53.0 Å². The fourth-order valence-corrected chi connectivity index (χ4v) is 2.96. The average molecular weight is 432 g/mol. The van der Waals surface area contributed by atoms with Crippen molar-refractivity contribution in [2.75, 3.05) is 24.7 Å². The summed E-state index contributed by atoms with van der Waals surface area (Å²) < 4.78 is 11.2. The van der Waals surface area contributed by atoms with Gasteiger partial charge in [-0.15, -0.1) is 0 Å². The average Bonchev–Trinajstić information content (AvgIpc) is 3.11. The lowest BCUT2D eigenvalue weighted by molar-refractivity contribution is -0.144. The van der Waals surface area contributed by atoms with Crippen molar-refractivity contribution in [2.24, 2.45) is 0 Å². The van der Waals surface area contributed by atoms with Gasteiger partial charge in [-0.05, 0) is 55.0 Å². The van der Waals surface area contributed by atoms with Crippen LogP contribution in [0.25, 0.3) is 0 Å². The Bertz CT molecular complexity index is 832. The number of rotatable bonds is 7. The molecule has 6 nitrogen and oxygen atoms in total. The molecule has 7 heteroatoms. The van der Waals surface area contributed by atoms with Crippen molar-refractivity contribution in [3.63, 3.8) is 0 Å². The topological polar surface area (TPSA) is 72.9 Å². The zero-order chi connectivity index (χ0) is 19.2. The van der Waals surface area contributed by atoms with E-state index in [9.17, 15) is 14.4 Å². The molecule has 0 atom stereocenters. The molecule has 1 fully saturated rings. The third-order valence-electron chi connectivity index (χ3n) is 4.11. The summed E-state index contributed by atoms with van der Waals surface area (Å²) in [6.45, 7) is 0.0670. The number of carbonyl (C=O) groups is 3. The van der Waals surface area contributed by atoms with Gasteiger partial charge in [0.15, 0.2) is 19.0 Å². The minimum absolute atomic E-state index is 0.0915. The molecule has 0 N–H and O–H groups in total. The van der Waals surface area contributed by atoms with E-state index in [1.807, 2.05) is 0 Å². The quantitative estimate of drug-likeness (QED) is 0.496. The minimum Gasteiger partial charge on any atom is -0.482 e. The summed E-state index contributed by atoms with van der Waals surface area (Å²) in [6.07, 6.45) is 1.40. The molecule has 1 saturated heterocycles. The molecule has 1 aliphatic rings. The summed E-state index contributed by atoms with van der Waals surface area (Å²) in [5, 5.41) is 0. The van der Waals surface area contributed by atoms with Crippen molar-refractivity contribution in [2.45, 2.75) is 12.8 Å². The molecule has 1 aliphatic heterocycles. The first-order valence-corrected chi connectivity index (χ1v) is 9.30. The molecule has 0 saturated carbocycles. The molecule has 0 bridgehead atoms. The predicted octanol–water partition coefficient (Wildman–Crippen LogP) is 3.38. The van der Waals surface area contributed by atoms with Crippen molar-refractivity contribution < 1.29 is 23.9 Å². The monoisotopic (exact) mass is 431 g/mol. The van der Waals surface area contributed by atoms with Gasteiger partial charge in [0.25, 0.3) is 0 Å². The number of ketones is 1. The van der Waals surface area contributed by atoms with Crippen LogP contribution in [-0.4, -0.2) is 37.4 Å². The molecule has 140 valence electrons. The van der Waals surface area contributed by atoms with E-state index in [0.29, 0.717) is 24.3 Å². The Balaban J connectivity index is 1.46. The van der Waals surface area contributed by atoms with Crippen LogP contribution in [0.4, 0.5) is 5.69 Å². The number of amides is 1. The number of halogens is 1. The van der Waals surface area contributed by atoms with Crippen molar-refractivity contribution in [1.29, 1.82) is 0 Å². The SMILES string of the molecule is O=C(COc1ccc(Br)cc1)OCC(=O)c1ccc(N2CCCC2=O)cc1. The first-order chi connectivity index (χ1) is 13.0. The predicted molar refractivity (Wildman–Crippen MR) is 103 cm³/mol. The van der Waals surface area contributed by atoms with E-state index in [-0.39, 0.29) is 24.9 Å². The number of anilines is 1. The minimum atomic E-state index is -0.620.